The number of β-amino-alcohol motifs (C(OH)–C–C–N with tert-alkyl or cyclic N) is 1. The summed E-state index contributed by atoms with van der Waals surface area (Å²) in [5, 5.41) is 13.6. The third-order valence-electron chi connectivity index (χ3n) is 4.00. The van der Waals surface area contributed by atoms with E-state index in [2.05, 4.69) is 15.0 Å². The Morgan fingerprint density at radius 1 is 1.14 bits per heavy atom. The molecule has 3 rings (SSSR count). The average Bonchev–Trinajstić information content (AvgIpc) is 2.98. The molecule has 0 radical (unpaired) electrons. The molecular weight excluding hydrogens is 278 g/mol. The normalized spacial score (nSPS) is 18.5. The van der Waals surface area contributed by atoms with Gasteiger partial charge in [-0.1, -0.05) is 35.5 Å². The van der Waals surface area contributed by atoms with Crippen LogP contribution in [0.5, 0.6) is 0 Å². The van der Waals surface area contributed by atoms with Crippen LogP contribution in [0.25, 0.3) is 11.3 Å². The minimum absolute atomic E-state index is 0.255. The van der Waals surface area contributed by atoms with Gasteiger partial charge in [-0.15, -0.1) is 0 Å². The van der Waals surface area contributed by atoms with Gasteiger partial charge in [-0.3, -0.25) is 9.80 Å². The Morgan fingerprint density at radius 2 is 1.82 bits per heavy atom. The summed E-state index contributed by atoms with van der Waals surface area (Å²) in [5.41, 5.74) is 1.97. The number of rotatable bonds is 5. The first-order valence-electron chi connectivity index (χ1n) is 7.84. The number of benzene rings is 1. The van der Waals surface area contributed by atoms with E-state index in [1.54, 1.807) is 0 Å². The maximum atomic E-state index is 9.44. The van der Waals surface area contributed by atoms with Crippen molar-refractivity contribution in [1.29, 1.82) is 0 Å². The summed E-state index contributed by atoms with van der Waals surface area (Å²) in [6, 6.07) is 12.1. The molecule has 1 aliphatic heterocycles. The van der Waals surface area contributed by atoms with Crippen LogP contribution in [0.2, 0.25) is 0 Å². The summed E-state index contributed by atoms with van der Waals surface area (Å²) < 4.78 is 5.47. The van der Waals surface area contributed by atoms with Gasteiger partial charge in [-0.05, 0) is 6.92 Å². The summed E-state index contributed by atoms with van der Waals surface area (Å²) >= 11 is 0. The standard InChI is InChI=1S/C17H23N3O2/c1-14(21)12-19-7-9-20(10-8-19)13-16-11-17(18-22-16)15-5-3-2-4-6-15/h2-6,11,14,21H,7-10,12-13H2,1H3/t14-/m1/s1. The van der Waals surface area contributed by atoms with Crippen LogP contribution in [0.1, 0.15) is 12.7 Å². The zero-order chi connectivity index (χ0) is 15.4. The number of hydrogen-bond donors (Lipinski definition) is 1. The molecule has 0 spiro atoms. The van der Waals surface area contributed by atoms with Gasteiger partial charge in [-0.2, -0.15) is 0 Å². The number of aliphatic hydroxyl groups is 1. The molecular formula is C17H23N3O2. The molecule has 5 nitrogen and oxygen atoms in total. The van der Waals surface area contributed by atoms with E-state index < -0.39 is 0 Å². The van der Waals surface area contributed by atoms with Gasteiger partial charge in [0.25, 0.3) is 0 Å². The molecule has 0 amide bonds. The zero-order valence-corrected chi connectivity index (χ0v) is 13.0. The van der Waals surface area contributed by atoms with E-state index in [0.29, 0.717) is 0 Å². The van der Waals surface area contributed by atoms with Crippen molar-refractivity contribution in [1.82, 2.24) is 15.0 Å². The lowest BCUT2D eigenvalue weighted by Crippen LogP contribution is -2.47. The topological polar surface area (TPSA) is 52.7 Å². The Hall–Kier alpha value is -1.69. The molecule has 1 fully saturated rings. The van der Waals surface area contributed by atoms with Crippen molar-refractivity contribution in [3.8, 4) is 11.3 Å². The third-order valence-corrected chi connectivity index (χ3v) is 4.00. The van der Waals surface area contributed by atoms with E-state index in [1.807, 2.05) is 43.3 Å². The van der Waals surface area contributed by atoms with Crippen LogP contribution in [0.3, 0.4) is 0 Å². The van der Waals surface area contributed by atoms with Crippen molar-refractivity contribution in [3.63, 3.8) is 0 Å². The summed E-state index contributed by atoms with van der Waals surface area (Å²) in [6.07, 6.45) is -0.255. The molecule has 118 valence electrons. The summed E-state index contributed by atoms with van der Waals surface area (Å²) in [6.45, 7) is 7.36. The van der Waals surface area contributed by atoms with Gasteiger partial charge < -0.3 is 9.63 Å². The van der Waals surface area contributed by atoms with Crippen molar-refractivity contribution < 1.29 is 9.63 Å². The second kappa shape index (κ2) is 7.05. The van der Waals surface area contributed by atoms with E-state index in [-0.39, 0.29) is 6.10 Å². The van der Waals surface area contributed by atoms with Crippen molar-refractivity contribution in [2.45, 2.75) is 19.6 Å². The van der Waals surface area contributed by atoms with Crippen LogP contribution >= 0.6 is 0 Å². The molecule has 2 aromatic rings. The van der Waals surface area contributed by atoms with Crippen LogP contribution in [-0.2, 0) is 6.54 Å². The smallest absolute Gasteiger partial charge is 0.151 e. The fraction of sp³-hybridized carbons (Fsp3) is 0.471. The highest BCUT2D eigenvalue weighted by molar-refractivity contribution is 5.58. The average molecular weight is 301 g/mol. The molecule has 0 unspecified atom stereocenters. The Morgan fingerprint density at radius 3 is 2.50 bits per heavy atom. The lowest BCUT2D eigenvalue weighted by Gasteiger charge is -2.34. The number of piperazine rings is 1. The Kier molecular flexibility index (Phi) is 4.87. The largest absolute Gasteiger partial charge is 0.392 e. The Labute approximate surface area is 131 Å². The van der Waals surface area contributed by atoms with Gasteiger partial charge in [-0.25, -0.2) is 0 Å². The van der Waals surface area contributed by atoms with Gasteiger partial charge >= 0.3 is 0 Å². The molecule has 22 heavy (non-hydrogen) atoms. The summed E-state index contributed by atoms with van der Waals surface area (Å²) in [7, 11) is 0. The first-order valence-corrected chi connectivity index (χ1v) is 7.84. The van der Waals surface area contributed by atoms with Crippen molar-refractivity contribution in [3.05, 3.63) is 42.2 Å². The van der Waals surface area contributed by atoms with Crippen molar-refractivity contribution in [2.75, 3.05) is 32.7 Å². The maximum absolute atomic E-state index is 9.44. The quantitative estimate of drug-likeness (QED) is 0.913. The minimum atomic E-state index is -0.255. The highest BCUT2D eigenvalue weighted by Crippen LogP contribution is 2.19. The molecule has 5 heteroatoms. The molecule has 1 atom stereocenters. The first-order chi connectivity index (χ1) is 10.7. The first kappa shape index (κ1) is 15.2. The maximum Gasteiger partial charge on any atom is 0.151 e. The van der Waals surface area contributed by atoms with E-state index in [4.69, 9.17) is 4.52 Å². The SMILES string of the molecule is C[C@@H](O)CN1CCN(Cc2cc(-c3ccccc3)no2)CC1. The van der Waals surface area contributed by atoms with Crippen LogP contribution in [-0.4, -0.2) is 58.9 Å². The van der Waals surface area contributed by atoms with E-state index >= 15 is 0 Å². The van der Waals surface area contributed by atoms with Crippen LogP contribution in [0.15, 0.2) is 40.9 Å². The molecule has 0 aliphatic carbocycles. The van der Waals surface area contributed by atoms with Crippen LogP contribution < -0.4 is 0 Å². The van der Waals surface area contributed by atoms with Crippen LogP contribution in [0.4, 0.5) is 0 Å². The Bertz CT molecular complexity index is 575. The monoisotopic (exact) mass is 301 g/mol. The van der Waals surface area contributed by atoms with Crippen molar-refractivity contribution in [2.24, 2.45) is 0 Å². The highest BCUT2D eigenvalue weighted by atomic mass is 16.5. The molecule has 0 bridgehead atoms. The Balaban J connectivity index is 1.54. The molecule has 2 heterocycles. The van der Waals surface area contributed by atoms with Gasteiger partial charge in [0.15, 0.2) is 5.76 Å². The van der Waals surface area contributed by atoms with E-state index in [9.17, 15) is 5.11 Å². The third kappa shape index (κ3) is 3.94. The predicted octanol–water partition coefficient (Wildman–Crippen LogP) is 1.84. The van der Waals surface area contributed by atoms with Gasteiger partial charge in [0.05, 0.1) is 12.6 Å². The zero-order valence-electron chi connectivity index (χ0n) is 13.0. The number of aliphatic hydroxyl groups excluding tert-OH is 1. The molecule has 1 N–H and O–H groups in total. The van der Waals surface area contributed by atoms with Gasteiger partial charge in [0.2, 0.25) is 0 Å². The highest BCUT2D eigenvalue weighted by Gasteiger charge is 2.19. The number of nitrogens with zero attached hydrogens (tertiary/aromatic N) is 3. The lowest BCUT2D eigenvalue weighted by molar-refractivity contribution is 0.0745. The van der Waals surface area contributed by atoms with Crippen molar-refractivity contribution >= 4 is 0 Å². The predicted molar refractivity (Wildman–Crippen MR) is 85.3 cm³/mol. The fourth-order valence-electron chi connectivity index (χ4n) is 2.86. The van der Waals surface area contributed by atoms with Gasteiger partial charge in [0, 0.05) is 44.4 Å². The molecule has 1 saturated heterocycles. The second-order valence-electron chi connectivity index (χ2n) is 5.97. The second-order valence-corrected chi connectivity index (χ2v) is 5.97. The lowest BCUT2D eigenvalue weighted by atomic mass is 10.1. The summed E-state index contributed by atoms with van der Waals surface area (Å²) in [4.78, 5) is 4.67. The van der Waals surface area contributed by atoms with E-state index in [1.165, 1.54) is 0 Å². The molecule has 1 aromatic heterocycles. The molecule has 0 saturated carbocycles. The molecule has 1 aromatic carbocycles. The number of aromatic nitrogens is 1. The summed E-state index contributed by atoms with van der Waals surface area (Å²) in [5.74, 6) is 0.905. The fourth-order valence-corrected chi connectivity index (χ4v) is 2.86. The van der Waals surface area contributed by atoms with Crippen LogP contribution in [0, 0.1) is 0 Å². The number of hydrogen-bond acceptors (Lipinski definition) is 5. The van der Waals surface area contributed by atoms with E-state index in [0.717, 1.165) is 56.3 Å². The van der Waals surface area contributed by atoms with Gasteiger partial charge in [0.1, 0.15) is 5.69 Å². The minimum Gasteiger partial charge on any atom is -0.392 e. The molecule has 1 aliphatic rings.